The van der Waals surface area contributed by atoms with Crippen LogP contribution in [0.4, 0.5) is 10.2 Å². The van der Waals surface area contributed by atoms with E-state index in [4.69, 9.17) is 21.1 Å². The van der Waals surface area contributed by atoms with Crippen molar-refractivity contribution in [2.24, 2.45) is 18.2 Å². The number of nitrogens with one attached hydrogen (secondary N) is 2. The molecule has 4 aliphatic rings. The van der Waals surface area contributed by atoms with Crippen LogP contribution < -0.4 is 16.0 Å². The first-order chi connectivity index (χ1) is 17.7. The van der Waals surface area contributed by atoms with Crippen LogP contribution in [0, 0.1) is 16.6 Å². The van der Waals surface area contributed by atoms with Gasteiger partial charge < -0.3 is 21.4 Å². The minimum absolute atomic E-state index is 0.0744. The molecule has 8 nitrogen and oxygen atoms in total. The predicted octanol–water partition coefficient (Wildman–Crippen LogP) is 4.31. The maximum Gasteiger partial charge on any atom is 0.163 e. The first kappa shape index (κ1) is 24.0. The molecule has 0 amide bonds. The third-order valence-corrected chi connectivity index (χ3v) is 8.91. The average molecular weight is 503 g/mol. The van der Waals surface area contributed by atoms with Crippen LogP contribution >= 0.6 is 0 Å². The number of nitrogens with two attached hydrogens (primary N) is 1. The quantitative estimate of drug-likeness (QED) is 0.434. The second kappa shape index (κ2) is 8.90. The van der Waals surface area contributed by atoms with E-state index in [0.717, 1.165) is 66.8 Å². The summed E-state index contributed by atoms with van der Waals surface area (Å²) < 4.78 is 15.3. The maximum atomic E-state index is 13.5. The van der Waals surface area contributed by atoms with Crippen LogP contribution in [0.2, 0.25) is 0 Å². The van der Waals surface area contributed by atoms with E-state index < -0.39 is 0 Å². The first-order valence-corrected chi connectivity index (χ1v) is 13.3. The molecule has 0 saturated heterocycles. The molecule has 0 radical (unpaired) electrons. The molecule has 3 fully saturated rings. The fraction of sp³-hybridized carbons (Fsp3) is 0.500. The van der Waals surface area contributed by atoms with E-state index in [1.807, 2.05) is 14.0 Å². The highest BCUT2D eigenvalue weighted by molar-refractivity contribution is 5.98. The van der Waals surface area contributed by atoms with Crippen LogP contribution in [-0.2, 0) is 7.05 Å². The van der Waals surface area contributed by atoms with Crippen LogP contribution in [-0.4, -0.2) is 50.6 Å². The largest absolute Gasteiger partial charge is 0.387 e. The Balaban J connectivity index is 1.29. The van der Waals surface area contributed by atoms with Gasteiger partial charge in [-0.15, -0.1) is 0 Å². The number of hydrogen-bond donors (Lipinski definition) is 3. The molecule has 2 aromatic heterocycles. The molecule has 37 heavy (non-hydrogen) atoms. The van der Waals surface area contributed by atoms with E-state index in [0.29, 0.717) is 23.5 Å². The fourth-order valence-corrected chi connectivity index (χ4v) is 6.31. The van der Waals surface area contributed by atoms with Gasteiger partial charge in [-0.2, -0.15) is 5.10 Å². The highest BCUT2D eigenvalue weighted by Gasteiger charge is 2.46. The predicted molar refractivity (Wildman–Crippen MR) is 144 cm³/mol. The van der Waals surface area contributed by atoms with Crippen molar-refractivity contribution in [2.45, 2.75) is 57.4 Å². The number of halogens is 1. The zero-order valence-corrected chi connectivity index (χ0v) is 21.6. The molecule has 194 valence electrons. The third kappa shape index (κ3) is 4.39. The van der Waals surface area contributed by atoms with E-state index >= 15 is 0 Å². The summed E-state index contributed by atoms with van der Waals surface area (Å²) in [4.78, 5) is 11.9. The number of anilines is 1. The summed E-state index contributed by atoms with van der Waals surface area (Å²) in [6, 6.07) is 6.25. The van der Waals surface area contributed by atoms with Gasteiger partial charge >= 0.3 is 0 Å². The van der Waals surface area contributed by atoms with Gasteiger partial charge in [-0.05, 0) is 75.1 Å². The monoisotopic (exact) mass is 502 g/mol. The topological polar surface area (TPSA) is 109 Å². The molecule has 9 heteroatoms. The van der Waals surface area contributed by atoms with Crippen molar-refractivity contribution >= 4 is 22.6 Å². The van der Waals surface area contributed by atoms with Crippen LogP contribution in [0.25, 0.3) is 22.4 Å². The van der Waals surface area contributed by atoms with Crippen molar-refractivity contribution in [1.29, 1.82) is 5.41 Å². The van der Waals surface area contributed by atoms with Gasteiger partial charge in [0.1, 0.15) is 11.6 Å². The summed E-state index contributed by atoms with van der Waals surface area (Å²) in [7, 11) is 1.86. The average Bonchev–Trinajstić information content (AvgIpc) is 3.29. The number of aromatic nitrogens is 4. The fourth-order valence-electron chi connectivity index (χ4n) is 6.31. The first-order valence-electron chi connectivity index (χ1n) is 13.3. The zero-order chi connectivity index (χ0) is 25.8. The highest BCUT2D eigenvalue weighted by atomic mass is 19.1. The molecular formula is C28H35FN8. The number of nitrogens with zero attached hydrogens (tertiary/aromatic N) is 5. The Kier molecular flexibility index (Phi) is 5.78. The minimum Gasteiger partial charge on any atom is -0.387 e. The lowest BCUT2D eigenvalue weighted by Gasteiger charge is -2.52. The molecule has 2 bridgehead atoms. The molecule has 1 aromatic carbocycles. The highest BCUT2D eigenvalue weighted by Crippen LogP contribution is 2.51. The molecular weight excluding hydrogens is 467 g/mol. The van der Waals surface area contributed by atoms with E-state index in [1.54, 1.807) is 23.0 Å². The summed E-state index contributed by atoms with van der Waals surface area (Å²) in [6.45, 7) is 4.21. The van der Waals surface area contributed by atoms with Gasteiger partial charge in [-0.3, -0.25) is 4.68 Å². The Morgan fingerprint density at radius 2 is 1.81 bits per heavy atom. The van der Waals surface area contributed by atoms with Gasteiger partial charge in [0.2, 0.25) is 0 Å². The van der Waals surface area contributed by atoms with Crippen LogP contribution in [0.5, 0.6) is 0 Å². The van der Waals surface area contributed by atoms with E-state index in [2.05, 4.69) is 15.3 Å². The number of hydrogen-bond acceptors (Lipinski definition) is 7. The summed E-state index contributed by atoms with van der Waals surface area (Å²) in [5, 5.41) is 17.7. The SMILES string of the molecule is CC(=N)C1=C(NCC23CCC(N)(CC2)CC3)CCN(c2nc(-c3ccc(F)cc3)nc3c2cnn3C)C1. The molecule has 7 rings (SSSR count). The smallest absolute Gasteiger partial charge is 0.163 e. The van der Waals surface area contributed by atoms with Gasteiger partial charge in [-0.1, -0.05) is 0 Å². The Morgan fingerprint density at radius 3 is 2.49 bits per heavy atom. The molecule has 4 N–H and O–H groups in total. The number of rotatable bonds is 6. The van der Waals surface area contributed by atoms with E-state index in [-0.39, 0.29) is 11.4 Å². The van der Waals surface area contributed by atoms with Gasteiger partial charge in [0, 0.05) is 61.2 Å². The van der Waals surface area contributed by atoms with E-state index in [9.17, 15) is 4.39 Å². The second-order valence-corrected chi connectivity index (χ2v) is 11.4. The van der Waals surface area contributed by atoms with Crippen LogP contribution in [0.15, 0.2) is 41.7 Å². The summed E-state index contributed by atoms with van der Waals surface area (Å²) in [5.41, 5.74) is 11.2. The lowest BCUT2D eigenvalue weighted by atomic mass is 9.57. The van der Waals surface area contributed by atoms with Crippen molar-refractivity contribution in [3.8, 4) is 11.4 Å². The second-order valence-electron chi connectivity index (χ2n) is 11.4. The number of benzene rings is 1. The van der Waals surface area contributed by atoms with Gasteiger partial charge in [0.05, 0.1) is 11.6 Å². The van der Waals surface area contributed by atoms with Crippen molar-refractivity contribution < 1.29 is 4.39 Å². The summed E-state index contributed by atoms with van der Waals surface area (Å²) in [6.07, 6.45) is 9.59. The molecule has 3 aromatic rings. The van der Waals surface area contributed by atoms with Crippen molar-refractivity contribution in [1.82, 2.24) is 25.1 Å². The minimum atomic E-state index is -0.291. The summed E-state index contributed by atoms with van der Waals surface area (Å²) in [5.74, 6) is 1.05. The normalized spacial score (nSPS) is 25.7. The van der Waals surface area contributed by atoms with Crippen molar-refractivity contribution in [3.05, 3.63) is 47.5 Å². The molecule has 1 aliphatic heterocycles. The Morgan fingerprint density at radius 1 is 1.11 bits per heavy atom. The van der Waals surface area contributed by atoms with Crippen molar-refractivity contribution in [3.63, 3.8) is 0 Å². The van der Waals surface area contributed by atoms with Crippen molar-refractivity contribution in [2.75, 3.05) is 24.5 Å². The van der Waals surface area contributed by atoms with Gasteiger partial charge in [-0.25, -0.2) is 14.4 Å². The lowest BCUT2D eigenvalue weighted by Crippen LogP contribution is -2.54. The zero-order valence-electron chi connectivity index (χ0n) is 21.6. The standard InChI is InChI=1S/C28H35FN8/c1-18(30)22-16-37(14-7-23(22)32-17-27-8-11-28(31,12-9-27)13-10-27)26-21-15-33-36(2)25(21)34-24(35-26)19-3-5-20(29)6-4-19/h3-6,15,30,32H,7-14,16-17,31H2,1-2H3. The van der Waals surface area contributed by atoms with Gasteiger partial charge in [0.25, 0.3) is 0 Å². The Hall–Kier alpha value is -3.33. The third-order valence-electron chi connectivity index (χ3n) is 8.91. The number of aryl methyl sites for hydroxylation is 1. The van der Waals surface area contributed by atoms with Crippen LogP contribution in [0.1, 0.15) is 51.9 Å². The molecule has 3 aliphatic carbocycles. The molecule has 3 heterocycles. The lowest BCUT2D eigenvalue weighted by molar-refractivity contribution is 0.0465. The van der Waals surface area contributed by atoms with E-state index in [1.165, 1.54) is 37.1 Å². The Labute approximate surface area is 216 Å². The molecule has 0 unspecified atom stereocenters. The Bertz CT molecular complexity index is 1360. The summed E-state index contributed by atoms with van der Waals surface area (Å²) >= 11 is 0. The van der Waals surface area contributed by atoms with Crippen LogP contribution in [0.3, 0.4) is 0 Å². The molecule has 0 spiro atoms. The molecule has 3 saturated carbocycles. The maximum absolute atomic E-state index is 13.5. The number of fused-ring (bicyclic) bond motifs is 4. The molecule has 0 atom stereocenters. The van der Waals surface area contributed by atoms with Gasteiger partial charge in [0.15, 0.2) is 11.5 Å².